The van der Waals surface area contributed by atoms with Gasteiger partial charge < -0.3 is 35.6 Å². The first-order chi connectivity index (χ1) is 15.5. The lowest BCUT2D eigenvalue weighted by Crippen LogP contribution is -2.66. The zero-order valence-electron chi connectivity index (χ0n) is 20.4. The fraction of sp³-hybridized carbons (Fsp3) is 0.680. The molecule has 5 rings (SSSR count). The Kier molecular flexibility index (Phi) is 5.33. The van der Waals surface area contributed by atoms with Crippen molar-refractivity contribution in [2.24, 2.45) is 11.1 Å². The van der Waals surface area contributed by atoms with Crippen molar-refractivity contribution in [2.75, 3.05) is 36.9 Å². The molecular formula is C25H38BN3O4. The molecule has 1 aromatic carbocycles. The van der Waals surface area contributed by atoms with Gasteiger partial charge in [0.15, 0.2) is 0 Å². The highest BCUT2D eigenvalue weighted by Gasteiger charge is 2.60. The van der Waals surface area contributed by atoms with E-state index >= 15 is 0 Å². The number of nitrogen functional groups attached to an aromatic ring is 1. The third-order valence-electron chi connectivity index (χ3n) is 9.32. The van der Waals surface area contributed by atoms with Crippen molar-refractivity contribution in [3.8, 4) is 0 Å². The summed E-state index contributed by atoms with van der Waals surface area (Å²) in [6.07, 6.45) is 5.06. The van der Waals surface area contributed by atoms with Gasteiger partial charge in [-0.15, -0.1) is 0 Å². The maximum absolute atomic E-state index is 10.4. The Morgan fingerprint density at radius 3 is 2.48 bits per heavy atom. The molecule has 0 bridgehead atoms. The molecule has 6 N–H and O–H groups in total. The minimum Gasteiger partial charge on any atom is -0.461 e. The van der Waals surface area contributed by atoms with Gasteiger partial charge in [0.05, 0.1) is 30.1 Å². The molecule has 8 heteroatoms. The molecule has 2 aromatic rings. The highest BCUT2D eigenvalue weighted by atomic mass is 16.5. The molecule has 0 amide bonds. The first kappa shape index (κ1) is 23.0. The van der Waals surface area contributed by atoms with Crippen LogP contribution in [0.25, 0.3) is 11.0 Å². The van der Waals surface area contributed by atoms with Crippen molar-refractivity contribution in [1.82, 2.24) is 0 Å². The predicted octanol–water partition coefficient (Wildman–Crippen LogP) is 2.59. The Morgan fingerprint density at radius 2 is 1.82 bits per heavy atom. The molecular weight excluding hydrogens is 417 g/mol. The molecule has 3 aliphatic rings. The topological polar surface area (TPSA) is 118 Å². The van der Waals surface area contributed by atoms with Gasteiger partial charge >= 0.3 is 7.12 Å². The second kappa shape index (κ2) is 7.64. The SMILES string of the molecule is CC1CC[C@]2(N)C(C)(C)CCC[C@@]2(C)c2c1oc1c(B(O)O)c(N)c(N3CCOCC3)cc21. The molecule has 1 aromatic heterocycles. The van der Waals surface area contributed by atoms with E-state index in [4.69, 9.17) is 20.6 Å². The number of nitrogens with zero attached hydrogens (tertiary/aromatic N) is 1. The third kappa shape index (κ3) is 3.10. The summed E-state index contributed by atoms with van der Waals surface area (Å²) in [5.74, 6) is 1.11. The number of furan rings is 1. The Morgan fingerprint density at radius 1 is 1.12 bits per heavy atom. The number of benzene rings is 1. The van der Waals surface area contributed by atoms with Gasteiger partial charge in [-0.3, -0.25) is 0 Å². The Bertz CT molecular complexity index is 1080. The molecule has 2 fully saturated rings. The van der Waals surface area contributed by atoms with E-state index in [1.165, 1.54) is 0 Å². The van der Waals surface area contributed by atoms with Crippen LogP contribution in [-0.4, -0.2) is 49.0 Å². The van der Waals surface area contributed by atoms with E-state index < -0.39 is 12.7 Å². The second-order valence-electron chi connectivity index (χ2n) is 11.4. The van der Waals surface area contributed by atoms with Crippen LogP contribution >= 0.6 is 0 Å². The second-order valence-corrected chi connectivity index (χ2v) is 11.4. The maximum atomic E-state index is 10.4. The number of rotatable bonds is 2. The number of hydrogen-bond acceptors (Lipinski definition) is 7. The van der Waals surface area contributed by atoms with Gasteiger partial charge in [-0.25, -0.2) is 0 Å². The molecule has 0 radical (unpaired) electrons. The van der Waals surface area contributed by atoms with Crippen LogP contribution in [0.1, 0.15) is 77.0 Å². The lowest BCUT2D eigenvalue weighted by molar-refractivity contribution is 0.0163. The summed E-state index contributed by atoms with van der Waals surface area (Å²) < 4.78 is 12.1. The molecule has 2 heterocycles. The van der Waals surface area contributed by atoms with Crippen molar-refractivity contribution in [3.05, 3.63) is 17.4 Å². The van der Waals surface area contributed by atoms with Gasteiger partial charge in [0.25, 0.3) is 0 Å². The Balaban J connectivity index is 1.84. The lowest BCUT2D eigenvalue weighted by atomic mass is 9.49. The Hall–Kier alpha value is -1.74. The van der Waals surface area contributed by atoms with Crippen molar-refractivity contribution in [3.63, 3.8) is 0 Å². The Labute approximate surface area is 196 Å². The fourth-order valence-corrected chi connectivity index (χ4v) is 7.13. The summed E-state index contributed by atoms with van der Waals surface area (Å²) in [5, 5.41) is 21.7. The highest BCUT2D eigenvalue weighted by Crippen LogP contribution is 2.60. The smallest absolute Gasteiger partial charge is 0.461 e. The van der Waals surface area contributed by atoms with Gasteiger partial charge in [-0.2, -0.15) is 0 Å². The summed E-state index contributed by atoms with van der Waals surface area (Å²) in [4.78, 5) is 2.17. The van der Waals surface area contributed by atoms with Crippen LogP contribution in [0.2, 0.25) is 0 Å². The van der Waals surface area contributed by atoms with Crippen LogP contribution in [-0.2, 0) is 10.2 Å². The summed E-state index contributed by atoms with van der Waals surface area (Å²) in [6, 6.07) is 2.11. The number of fused-ring (bicyclic) bond motifs is 5. The fourth-order valence-electron chi connectivity index (χ4n) is 7.13. The van der Waals surface area contributed by atoms with Crippen LogP contribution in [0, 0.1) is 5.41 Å². The highest BCUT2D eigenvalue weighted by molar-refractivity contribution is 6.64. The van der Waals surface area contributed by atoms with Gasteiger partial charge in [0.2, 0.25) is 0 Å². The molecule has 1 saturated carbocycles. The average Bonchev–Trinajstić information content (AvgIpc) is 3.11. The largest absolute Gasteiger partial charge is 0.494 e. The summed E-state index contributed by atoms with van der Waals surface area (Å²) in [7, 11) is -1.73. The average molecular weight is 455 g/mol. The number of anilines is 2. The molecule has 2 aliphatic carbocycles. The summed E-state index contributed by atoms with van der Waals surface area (Å²) in [6.45, 7) is 11.8. The normalized spacial score (nSPS) is 31.7. The van der Waals surface area contributed by atoms with E-state index in [1.54, 1.807) is 0 Å². The van der Waals surface area contributed by atoms with E-state index in [0.29, 0.717) is 37.6 Å². The molecule has 180 valence electrons. The van der Waals surface area contributed by atoms with Crippen LogP contribution in [0.3, 0.4) is 0 Å². The quantitative estimate of drug-likeness (QED) is 0.406. The van der Waals surface area contributed by atoms with Crippen molar-refractivity contribution >= 4 is 34.9 Å². The minimum absolute atomic E-state index is 0.0227. The molecule has 1 aliphatic heterocycles. The first-order valence-corrected chi connectivity index (χ1v) is 12.4. The maximum Gasteiger partial charge on any atom is 0.494 e. The number of hydrogen-bond donors (Lipinski definition) is 4. The van der Waals surface area contributed by atoms with E-state index in [-0.39, 0.29) is 22.2 Å². The van der Waals surface area contributed by atoms with Crippen LogP contribution < -0.4 is 21.8 Å². The van der Waals surface area contributed by atoms with E-state index in [0.717, 1.165) is 54.5 Å². The standard InChI is InChI=1S/C25H38BN3O4/c1-15-6-9-25(28)23(2,3)7-5-8-24(25,4)18-16-14-17(29-10-12-32-13-11-29)20(27)19(26(30)31)22(16)33-21(15)18/h14-15,30-31H,5-13,27-28H2,1-4H3/t15?,24-,25-/m0/s1. The van der Waals surface area contributed by atoms with Gasteiger partial charge in [-0.05, 0) is 37.2 Å². The molecule has 3 atom stereocenters. The van der Waals surface area contributed by atoms with E-state index in [9.17, 15) is 10.0 Å². The van der Waals surface area contributed by atoms with Crippen LogP contribution in [0.15, 0.2) is 10.5 Å². The summed E-state index contributed by atoms with van der Waals surface area (Å²) in [5.41, 5.74) is 16.3. The molecule has 33 heavy (non-hydrogen) atoms. The van der Waals surface area contributed by atoms with Gasteiger partial charge in [-0.1, -0.05) is 34.1 Å². The molecule has 7 nitrogen and oxygen atoms in total. The van der Waals surface area contributed by atoms with E-state index in [2.05, 4.69) is 38.7 Å². The van der Waals surface area contributed by atoms with Crippen LogP contribution in [0.4, 0.5) is 11.4 Å². The van der Waals surface area contributed by atoms with Crippen molar-refractivity contribution < 1.29 is 19.2 Å². The zero-order chi connectivity index (χ0) is 23.8. The third-order valence-corrected chi connectivity index (χ3v) is 9.32. The molecule has 1 unspecified atom stereocenters. The van der Waals surface area contributed by atoms with Crippen LogP contribution in [0.5, 0.6) is 0 Å². The lowest BCUT2D eigenvalue weighted by Gasteiger charge is -2.58. The minimum atomic E-state index is -1.73. The zero-order valence-corrected chi connectivity index (χ0v) is 20.4. The van der Waals surface area contributed by atoms with Crippen molar-refractivity contribution in [1.29, 1.82) is 0 Å². The number of ether oxygens (including phenoxy) is 1. The predicted molar refractivity (Wildman–Crippen MR) is 133 cm³/mol. The molecule has 0 spiro atoms. The molecule has 1 saturated heterocycles. The monoisotopic (exact) mass is 455 g/mol. The number of morpholine rings is 1. The summed E-state index contributed by atoms with van der Waals surface area (Å²) >= 11 is 0. The van der Waals surface area contributed by atoms with Gasteiger partial charge in [0, 0.05) is 40.9 Å². The van der Waals surface area contributed by atoms with E-state index in [1.807, 2.05) is 0 Å². The first-order valence-electron chi connectivity index (χ1n) is 12.4. The number of nitrogens with two attached hydrogens (primary N) is 2. The van der Waals surface area contributed by atoms with Crippen molar-refractivity contribution in [2.45, 2.75) is 76.7 Å². The van der Waals surface area contributed by atoms with Gasteiger partial charge in [0.1, 0.15) is 11.3 Å².